The van der Waals surface area contributed by atoms with Gasteiger partial charge in [-0.1, -0.05) is 6.58 Å². The highest BCUT2D eigenvalue weighted by atomic mass is 16.5. The number of carbonyl (C=O) groups excluding carboxylic acids is 1. The summed E-state index contributed by atoms with van der Waals surface area (Å²) < 4.78 is 5.04. The Bertz CT molecular complexity index is 190. The monoisotopic (exact) mass is 154 g/mol. The molecule has 0 aliphatic rings. The zero-order valence-corrected chi connectivity index (χ0v) is 7.31. The lowest BCUT2D eigenvalue weighted by atomic mass is 10.2. The van der Waals surface area contributed by atoms with Crippen molar-refractivity contribution in [2.75, 3.05) is 6.61 Å². The first kappa shape index (κ1) is 9.95. The maximum Gasteiger partial charge on any atom is 0.155 e. The normalized spacial score (nSPS) is 11.0. The van der Waals surface area contributed by atoms with Gasteiger partial charge in [-0.2, -0.15) is 0 Å². The van der Waals surface area contributed by atoms with Crippen molar-refractivity contribution in [2.24, 2.45) is 0 Å². The highest BCUT2D eigenvalue weighted by Crippen LogP contribution is 2.02. The molecule has 0 aromatic carbocycles. The highest BCUT2D eigenvalue weighted by Gasteiger charge is 1.96. The minimum absolute atomic E-state index is 0.0471. The van der Waals surface area contributed by atoms with Crippen LogP contribution in [0.3, 0.4) is 0 Å². The number of ether oxygens (including phenoxy) is 1. The van der Waals surface area contributed by atoms with Gasteiger partial charge in [-0.25, -0.2) is 0 Å². The summed E-state index contributed by atoms with van der Waals surface area (Å²) >= 11 is 0. The molecule has 2 nitrogen and oxygen atoms in total. The van der Waals surface area contributed by atoms with E-state index in [4.69, 9.17) is 4.74 Å². The van der Waals surface area contributed by atoms with Crippen molar-refractivity contribution in [3.63, 3.8) is 0 Å². The van der Waals surface area contributed by atoms with Crippen LogP contribution in [0.25, 0.3) is 0 Å². The Morgan fingerprint density at radius 1 is 1.55 bits per heavy atom. The molecule has 0 aliphatic heterocycles. The van der Waals surface area contributed by atoms with Crippen LogP contribution in [0.5, 0.6) is 0 Å². The van der Waals surface area contributed by atoms with Gasteiger partial charge in [-0.3, -0.25) is 4.79 Å². The molecule has 0 unspecified atom stereocenters. The van der Waals surface area contributed by atoms with Crippen molar-refractivity contribution in [3.05, 3.63) is 24.0 Å². The summed E-state index contributed by atoms with van der Waals surface area (Å²) in [4.78, 5) is 10.7. The predicted octanol–water partition coefficient (Wildman–Crippen LogP) is 2.07. The SMILES string of the molecule is C=C(C=C(C)C(C)=O)OCC. The molecule has 0 fully saturated rings. The number of hydrogen-bond acceptors (Lipinski definition) is 2. The Morgan fingerprint density at radius 2 is 2.09 bits per heavy atom. The summed E-state index contributed by atoms with van der Waals surface area (Å²) in [6, 6.07) is 0. The van der Waals surface area contributed by atoms with E-state index >= 15 is 0 Å². The maximum absolute atomic E-state index is 10.7. The van der Waals surface area contributed by atoms with Gasteiger partial charge in [-0.05, 0) is 32.4 Å². The van der Waals surface area contributed by atoms with Crippen molar-refractivity contribution in [3.8, 4) is 0 Å². The second kappa shape index (κ2) is 4.72. The molecule has 0 amide bonds. The van der Waals surface area contributed by atoms with E-state index in [0.717, 1.165) is 0 Å². The Balaban J connectivity index is 4.08. The van der Waals surface area contributed by atoms with E-state index in [1.54, 1.807) is 13.0 Å². The fraction of sp³-hybridized carbons (Fsp3) is 0.444. The van der Waals surface area contributed by atoms with Gasteiger partial charge >= 0.3 is 0 Å². The summed E-state index contributed by atoms with van der Waals surface area (Å²) in [6.07, 6.45) is 1.64. The fourth-order valence-electron chi connectivity index (χ4n) is 0.570. The van der Waals surface area contributed by atoms with Crippen LogP contribution in [0, 0.1) is 0 Å². The van der Waals surface area contributed by atoms with Crippen LogP contribution in [0.15, 0.2) is 24.0 Å². The number of Topliss-reactive ketones (excluding diaryl/α,β-unsaturated/α-hetero) is 1. The summed E-state index contributed by atoms with van der Waals surface area (Å²) in [6.45, 7) is 9.34. The van der Waals surface area contributed by atoms with Gasteiger partial charge in [0.05, 0.1) is 6.61 Å². The maximum atomic E-state index is 10.7. The van der Waals surface area contributed by atoms with Gasteiger partial charge in [0.25, 0.3) is 0 Å². The summed E-state index contributed by atoms with van der Waals surface area (Å²) in [5.41, 5.74) is 0.670. The smallest absolute Gasteiger partial charge is 0.155 e. The summed E-state index contributed by atoms with van der Waals surface area (Å²) in [7, 11) is 0. The molecule has 0 rings (SSSR count). The average Bonchev–Trinajstić information content (AvgIpc) is 1.87. The van der Waals surface area contributed by atoms with E-state index in [9.17, 15) is 4.79 Å². The third-order valence-electron chi connectivity index (χ3n) is 1.26. The Hall–Kier alpha value is -1.05. The van der Waals surface area contributed by atoms with E-state index in [0.29, 0.717) is 17.9 Å². The number of hydrogen-bond donors (Lipinski definition) is 0. The minimum Gasteiger partial charge on any atom is -0.495 e. The lowest BCUT2D eigenvalue weighted by Crippen LogP contribution is -1.94. The van der Waals surface area contributed by atoms with Crippen molar-refractivity contribution >= 4 is 5.78 Å². The topological polar surface area (TPSA) is 26.3 Å². The van der Waals surface area contributed by atoms with Crippen LogP contribution < -0.4 is 0 Å². The lowest BCUT2D eigenvalue weighted by molar-refractivity contribution is -0.113. The van der Waals surface area contributed by atoms with E-state index in [1.165, 1.54) is 6.92 Å². The van der Waals surface area contributed by atoms with Crippen LogP contribution in [0.2, 0.25) is 0 Å². The number of rotatable bonds is 4. The molecular weight excluding hydrogens is 140 g/mol. The summed E-state index contributed by atoms with van der Waals surface area (Å²) in [5.74, 6) is 0.589. The van der Waals surface area contributed by atoms with Gasteiger partial charge in [0.15, 0.2) is 5.78 Å². The zero-order valence-electron chi connectivity index (χ0n) is 7.31. The molecule has 0 spiro atoms. The second-order valence-electron chi connectivity index (χ2n) is 2.28. The van der Waals surface area contributed by atoms with Crippen LogP contribution in [0.4, 0.5) is 0 Å². The van der Waals surface area contributed by atoms with Crippen molar-refractivity contribution in [1.29, 1.82) is 0 Å². The molecule has 0 saturated carbocycles. The largest absolute Gasteiger partial charge is 0.495 e. The Labute approximate surface area is 67.6 Å². The van der Waals surface area contributed by atoms with E-state index < -0.39 is 0 Å². The molecule has 0 aliphatic carbocycles. The standard InChI is InChI=1S/C9H14O2/c1-5-11-8(3)6-7(2)9(4)10/h6H,3,5H2,1-2,4H3. The molecule has 0 heterocycles. The molecule has 0 radical (unpaired) electrons. The quantitative estimate of drug-likeness (QED) is 0.352. The van der Waals surface area contributed by atoms with Gasteiger partial charge in [0, 0.05) is 0 Å². The molecule has 62 valence electrons. The number of allylic oxidation sites excluding steroid dienone is 2. The second-order valence-corrected chi connectivity index (χ2v) is 2.28. The fourth-order valence-corrected chi connectivity index (χ4v) is 0.570. The van der Waals surface area contributed by atoms with Gasteiger partial charge in [0.2, 0.25) is 0 Å². The zero-order chi connectivity index (χ0) is 8.85. The van der Waals surface area contributed by atoms with Crippen LogP contribution >= 0.6 is 0 Å². The van der Waals surface area contributed by atoms with Gasteiger partial charge in [-0.15, -0.1) is 0 Å². The Morgan fingerprint density at radius 3 is 2.45 bits per heavy atom. The first-order valence-corrected chi connectivity index (χ1v) is 3.58. The van der Waals surface area contributed by atoms with Crippen molar-refractivity contribution in [1.82, 2.24) is 0 Å². The molecule has 11 heavy (non-hydrogen) atoms. The highest BCUT2D eigenvalue weighted by molar-refractivity contribution is 5.92. The molecule has 0 N–H and O–H groups in total. The first-order valence-electron chi connectivity index (χ1n) is 3.58. The first-order chi connectivity index (χ1) is 5.07. The van der Waals surface area contributed by atoms with E-state index in [1.807, 2.05) is 6.92 Å². The Kier molecular flexibility index (Phi) is 4.27. The van der Waals surface area contributed by atoms with E-state index in [-0.39, 0.29) is 5.78 Å². The van der Waals surface area contributed by atoms with Gasteiger partial charge in [0.1, 0.15) is 5.76 Å². The number of carbonyl (C=O) groups is 1. The molecule has 2 heteroatoms. The molecule has 0 bridgehead atoms. The van der Waals surface area contributed by atoms with Gasteiger partial charge < -0.3 is 4.74 Å². The van der Waals surface area contributed by atoms with Crippen molar-refractivity contribution < 1.29 is 9.53 Å². The predicted molar refractivity (Wildman–Crippen MR) is 45.2 cm³/mol. The van der Waals surface area contributed by atoms with Crippen LogP contribution in [0.1, 0.15) is 20.8 Å². The third-order valence-corrected chi connectivity index (χ3v) is 1.26. The molecular formula is C9H14O2. The van der Waals surface area contributed by atoms with Crippen LogP contribution in [-0.4, -0.2) is 12.4 Å². The summed E-state index contributed by atoms with van der Waals surface area (Å²) in [5, 5.41) is 0. The molecule has 0 aromatic heterocycles. The van der Waals surface area contributed by atoms with Crippen LogP contribution in [-0.2, 0) is 9.53 Å². The molecule has 0 aromatic rings. The number of ketones is 1. The minimum atomic E-state index is 0.0471. The van der Waals surface area contributed by atoms with Crippen molar-refractivity contribution in [2.45, 2.75) is 20.8 Å². The molecule has 0 atom stereocenters. The van der Waals surface area contributed by atoms with E-state index in [2.05, 4.69) is 6.58 Å². The average molecular weight is 154 g/mol. The third kappa shape index (κ3) is 4.37. The molecule has 0 saturated heterocycles. The lowest BCUT2D eigenvalue weighted by Gasteiger charge is -2.01.